The van der Waals surface area contributed by atoms with Crippen LogP contribution in [0.25, 0.3) is 0 Å². The number of aliphatic hydroxyl groups excluding tert-OH is 2. The maximum atomic E-state index is 12.8. The van der Waals surface area contributed by atoms with Gasteiger partial charge in [0.25, 0.3) is 0 Å². The Morgan fingerprint density at radius 3 is 1.38 bits per heavy atom. The summed E-state index contributed by atoms with van der Waals surface area (Å²) in [6.07, 6.45) is 0. The third kappa shape index (κ3) is 8.10. The summed E-state index contributed by atoms with van der Waals surface area (Å²) in [5, 5.41) is 17.5. The average molecular weight is 459 g/mol. The molecule has 0 aromatic heterocycles. The van der Waals surface area contributed by atoms with Crippen LogP contribution in [0, 0.1) is 0 Å². The summed E-state index contributed by atoms with van der Waals surface area (Å²) >= 11 is 3.19. The number of hydrogen-bond donors (Lipinski definition) is 2. The highest BCUT2D eigenvalue weighted by atomic mass is 32.2. The van der Waals surface area contributed by atoms with Crippen molar-refractivity contribution in [1.82, 2.24) is 0 Å². The number of thioether (sulfide) groups is 2. The molecule has 0 fully saturated rings. The summed E-state index contributed by atoms with van der Waals surface area (Å²) in [6.45, 7) is 1.29. The molecule has 0 aliphatic rings. The van der Waals surface area contributed by atoms with E-state index in [1.165, 1.54) is 24.3 Å². The lowest BCUT2D eigenvalue weighted by atomic mass is 10.3. The lowest BCUT2D eigenvalue weighted by Crippen LogP contribution is -2.04. The van der Waals surface area contributed by atoms with Gasteiger partial charge in [0, 0.05) is 23.0 Å². The molecule has 29 heavy (non-hydrogen) atoms. The van der Waals surface area contributed by atoms with Crippen LogP contribution in [0.1, 0.15) is 0 Å². The molecule has 0 saturated heterocycles. The van der Waals surface area contributed by atoms with Gasteiger partial charge in [0.05, 0.1) is 36.2 Å². The second-order valence-electron chi connectivity index (χ2n) is 5.82. The van der Waals surface area contributed by atoms with Crippen molar-refractivity contribution in [2.75, 3.05) is 49.4 Å². The number of rotatable bonds is 14. The molecule has 2 rings (SSSR count). The van der Waals surface area contributed by atoms with Gasteiger partial charge in [-0.25, -0.2) is 8.42 Å². The largest absolute Gasteiger partial charge is 0.493 e. The second-order valence-corrected chi connectivity index (χ2v) is 10.2. The fourth-order valence-corrected chi connectivity index (χ4v) is 4.67. The molecular weight excluding hydrogens is 432 g/mol. The van der Waals surface area contributed by atoms with Crippen LogP contribution in [0.2, 0.25) is 0 Å². The predicted octanol–water partition coefficient (Wildman–Crippen LogP) is 2.73. The average Bonchev–Trinajstić information content (AvgIpc) is 2.74. The van der Waals surface area contributed by atoms with Crippen molar-refractivity contribution in [3.05, 3.63) is 48.5 Å². The molecule has 6 nitrogen and oxygen atoms in total. The summed E-state index contributed by atoms with van der Waals surface area (Å²) in [5.41, 5.74) is 0. The minimum Gasteiger partial charge on any atom is -0.493 e. The normalized spacial score (nSPS) is 11.4. The van der Waals surface area contributed by atoms with E-state index < -0.39 is 9.84 Å². The van der Waals surface area contributed by atoms with Crippen LogP contribution in [0.15, 0.2) is 58.3 Å². The van der Waals surface area contributed by atoms with Crippen LogP contribution in [0.5, 0.6) is 11.5 Å². The topological polar surface area (TPSA) is 93.1 Å². The minimum atomic E-state index is -3.61. The van der Waals surface area contributed by atoms with Crippen LogP contribution in [-0.2, 0) is 9.84 Å². The molecule has 0 aliphatic heterocycles. The first-order chi connectivity index (χ1) is 14.1. The van der Waals surface area contributed by atoms with Crippen molar-refractivity contribution in [1.29, 1.82) is 0 Å². The number of hydrogen-bond acceptors (Lipinski definition) is 8. The van der Waals surface area contributed by atoms with Crippen molar-refractivity contribution in [3.8, 4) is 11.5 Å². The van der Waals surface area contributed by atoms with Gasteiger partial charge in [-0.2, -0.15) is 23.5 Å². The molecule has 160 valence electrons. The van der Waals surface area contributed by atoms with Crippen molar-refractivity contribution >= 4 is 33.4 Å². The van der Waals surface area contributed by atoms with Gasteiger partial charge in [-0.1, -0.05) is 0 Å². The summed E-state index contributed by atoms with van der Waals surface area (Å²) in [4.78, 5) is 0.405. The van der Waals surface area contributed by atoms with Crippen molar-refractivity contribution in [2.24, 2.45) is 0 Å². The Morgan fingerprint density at radius 2 is 1.03 bits per heavy atom. The zero-order valence-electron chi connectivity index (χ0n) is 16.0. The Kier molecular flexibility index (Phi) is 10.7. The zero-order valence-corrected chi connectivity index (χ0v) is 18.5. The van der Waals surface area contributed by atoms with Crippen LogP contribution in [0.4, 0.5) is 0 Å². The fraction of sp³-hybridized carbons (Fsp3) is 0.400. The quantitative estimate of drug-likeness (QED) is 0.418. The molecule has 2 aromatic carbocycles. The number of sulfone groups is 1. The van der Waals surface area contributed by atoms with Gasteiger partial charge in [0.1, 0.15) is 11.5 Å². The van der Waals surface area contributed by atoms with Crippen LogP contribution in [-0.4, -0.2) is 68.1 Å². The van der Waals surface area contributed by atoms with Gasteiger partial charge in [-0.3, -0.25) is 0 Å². The van der Waals surface area contributed by atoms with Gasteiger partial charge in [-0.05, 0) is 48.5 Å². The van der Waals surface area contributed by atoms with E-state index >= 15 is 0 Å². The molecule has 0 spiro atoms. The molecular formula is C20H26O6S3. The van der Waals surface area contributed by atoms with Crippen LogP contribution < -0.4 is 9.47 Å². The van der Waals surface area contributed by atoms with Gasteiger partial charge < -0.3 is 19.7 Å². The molecule has 0 atom stereocenters. The number of benzene rings is 2. The van der Waals surface area contributed by atoms with E-state index in [4.69, 9.17) is 19.7 Å². The highest BCUT2D eigenvalue weighted by molar-refractivity contribution is 7.99. The standard InChI is InChI=1S/C20H26O6S3/c21-9-13-27-15-11-25-17-1-5-19(6-2-17)29(23,24)20-7-3-18(4-8-20)26-12-16-28-14-10-22/h1-8,21-22H,9-16H2. The Balaban J connectivity index is 1.90. The van der Waals surface area contributed by atoms with E-state index in [0.717, 1.165) is 11.5 Å². The molecule has 0 aliphatic carbocycles. The molecule has 0 saturated carbocycles. The maximum absolute atomic E-state index is 12.8. The first-order valence-corrected chi connectivity index (χ1v) is 12.9. The van der Waals surface area contributed by atoms with Gasteiger partial charge in [-0.15, -0.1) is 0 Å². The van der Waals surface area contributed by atoms with Crippen LogP contribution in [0.3, 0.4) is 0 Å². The van der Waals surface area contributed by atoms with Gasteiger partial charge >= 0.3 is 0 Å². The SMILES string of the molecule is O=S(=O)(c1ccc(OCCSCCO)cc1)c1ccc(OCCSCCO)cc1. The van der Waals surface area contributed by atoms with Crippen molar-refractivity contribution in [3.63, 3.8) is 0 Å². The summed E-state index contributed by atoms with van der Waals surface area (Å²) in [5.74, 6) is 4.08. The molecule has 0 heterocycles. The lowest BCUT2D eigenvalue weighted by molar-refractivity contribution is 0.321. The smallest absolute Gasteiger partial charge is 0.206 e. The maximum Gasteiger partial charge on any atom is 0.206 e. The van der Waals surface area contributed by atoms with E-state index in [2.05, 4.69) is 0 Å². The first-order valence-electron chi connectivity index (χ1n) is 9.16. The highest BCUT2D eigenvalue weighted by Crippen LogP contribution is 2.25. The Hall–Kier alpha value is -1.39. The Morgan fingerprint density at radius 1 is 0.655 bits per heavy atom. The zero-order chi connectivity index (χ0) is 21.0. The molecule has 2 aromatic rings. The monoisotopic (exact) mass is 458 g/mol. The molecule has 0 bridgehead atoms. The van der Waals surface area contributed by atoms with E-state index in [1.807, 2.05) is 0 Å². The van der Waals surface area contributed by atoms with Crippen LogP contribution >= 0.6 is 23.5 Å². The molecule has 9 heteroatoms. The third-order valence-electron chi connectivity index (χ3n) is 3.73. The van der Waals surface area contributed by atoms with Gasteiger partial charge in [0.15, 0.2) is 0 Å². The van der Waals surface area contributed by atoms with Crippen molar-refractivity contribution < 1.29 is 28.1 Å². The van der Waals surface area contributed by atoms with E-state index in [1.54, 1.807) is 47.8 Å². The van der Waals surface area contributed by atoms with E-state index in [9.17, 15) is 8.42 Å². The van der Waals surface area contributed by atoms with Gasteiger partial charge in [0.2, 0.25) is 9.84 Å². The predicted molar refractivity (Wildman–Crippen MR) is 118 cm³/mol. The highest BCUT2D eigenvalue weighted by Gasteiger charge is 2.17. The Bertz CT molecular complexity index is 744. The lowest BCUT2D eigenvalue weighted by Gasteiger charge is -2.09. The van der Waals surface area contributed by atoms with Crippen molar-refractivity contribution in [2.45, 2.75) is 9.79 Å². The summed E-state index contributed by atoms with van der Waals surface area (Å²) in [7, 11) is -3.61. The second kappa shape index (κ2) is 13.0. The minimum absolute atomic E-state index is 0.147. The third-order valence-corrected chi connectivity index (χ3v) is 7.37. The molecule has 2 N–H and O–H groups in total. The summed E-state index contributed by atoms with van der Waals surface area (Å²) in [6, 6.07) is 12.7. The van der Waals surface area contributed by atoms with E-state index in [-0.39, 0.29) is 23.0 Å². The molecule has 0 radical (unpaired) electrons. The first kappa shape index (κ1) is 23.9. The number of aliphatic hydroxyl groups is 2. The Labute approximate surface area is 180 Å². The fourth-order valence-electron chi connectivity index (χ4n) is 2.34. The molecule has 0 unspecified atom stereocenters. The molecule has 0 amide bonds. The van der Waals surface area contributed by atoms with E-state index in [0.29, 0.717) is 36.2 Å². The summed E-state index contributed by atoms with van der Waals surface area (Å²) < 4.78 is 36.7. The number of ether oxygens (including phenoxy) is 2.